The van der Waals surface area contributed by atoms with E-state index in [4.69, 9.17) is 4.42 Å². The number of aromatic nitrogens is 2. The predicted molar refractivity (Wildman–Crippen MR) is 56.6 cm³/mol. The highest BCUT2D eigenvalue weighted by molar-refractivity contribution is 5.93. The van der Waals surface area contributed by atoms with E-state index < -0.39 is 0 Å². The second kappa shape index (κ2) is 4.57. The van der Waals surface area contributed by atoms with Gasteiger partial charge in [0.1, 0.15) is 5.76 Å². The summed E-state index contributed by atoms with van der Waals surface area (Å²) in [4.78, 5) is 19.5. The van der Waals surface area contributed by atoms with E-state index in [9.17, 15) is 4.79 Å². The first-order valence-electron chi connectivity index (χ1n) is 4.85. The minimum absolute atomic E-state index is 0.191. The van der Waals surface area contributed by atoms with Crippen LogP contribution in [-0.2, 0) is 6.54 Å². The molecule has 0 aliphatic rings. The van der Waals surface area contributed by atoms with Crippen molar-refractivity contribution in [3.63, 3.8) is 0 Å². The van der Waals surface area contributed by atoms with Crippen LogP contribution in [0.5, 0.6) is 0 Å². The number of carbonyl (C=O) groups excluding carboxylic acids is 1. The monoisotopic (exact) mass is 217 g/mol. The predicted octanol–water partition coefficient (Wildman–Crippen LogP) is 1.31. The second-order valence-corrected chi connectivity index (χ2v) is 3.29. The van der Waals surface area contributed by atoms with Crippen molar-refractivity contribution < 1.29 is 9.21 Å². The molecule has 0 radical (unpaired) electrons. The van der Waals surface area contributed by atoms with Gasteiger partial charge in [-0.05, 0) is 19.1 Å². The molecule has 0 atom stereocenters. The highest BCUT2D eigenvalue weighted by Gasteiger charge is 2.06. The lowest BCUT2D eigenvalue weighted by molar-refractivity contribution is 0.0946. The molecule has 0 aliphatic carbocycles. The Labute approximate surface area is 92.5 Å². The molecule has 2 aromatic heterocycles. The third-order valence-electron chi connectivity index (χ3n) is 1.99. The van der Waals surface area contributed by atoms with Gasteiger partial charge in [-0.3, -0.25) is 9.78 Å². The van der Waals surface area contributed by atoms with Crippen LogP contribution in [-0.4, -0.2) is 15.9 Å². The summed E-state index contributed by atoms with van der Waals surface area (Å²) in [6.45, 7) is 2.08. The third-order valence-corrected chi connectivity index (χ3v) is 1.99. The molecule has 5 nitrogen and oxygen atoms in total. The van der Waals surface area contributed by atoms with Gasteiger partial charge in [-0.15, -0.1) is 0 Å². The van der Waals surface area contributed by atoms with Gasteiger partial charge in [-0.1, -0.05) is 0 Å². The molecule has 82 valence electrons. The number of carbonyl (C=O) groups is 1. The molecule has 1 N–H and O–H groups in total. The van der Waals surface area contributed by atoms with Gasteiger partial charge in [0, 0.05) is 12.4 Å². The van der Waals surface area contributed by atoms with E-state index in [-0.39, 0.29) is 12.5 Å². The van der Waals surface area contributed by atoms with Crippen molar-refractivity contribution in [3.8, 4) is 0 Å². The van der Waals surface area contributed by atoms with Gasteiger partial charge in [0.15, 0.2) is 0 Å². The molecular weight excluding hydrogens is 206 g/mol. The summed E-state index contributed by atoms with van der Waals surface area (Å²) in [6, 6.07) is 3.41. The number of aryl methyl sites for hydroxylation is 1. The van der Waals surface area contributed by atoms with Crippen molar-refractivity contribution in [1.29, 1.82) is 0 Å². The second-order valence-electron chi connectivity index (χ2n) is 3.29. The lowest BCUT2D eigenvalue weighted by atomic mass is 10.3. The fraction of sp³-hybridized carbons (Fsp3) is 0.182. The summed E-state index contributed by atoms with van der Waals surface area (Å²) in [5, 5.41) is 2.69. The molecule has 2 heterocycles. The average molecular weight is 217 g/mol. The molecule has 0 aromatic carbocycles. The highest BCUT2D eigenvalue weighted by atomic mass is 16.4. The SMILES string of the molecule is Cc1cnc(CNC(=O)c2cccnc2)o1. The summed E-state index contributed by atoms with van der Waals surface area (Å²) in [5.74, 6) is 1.03. The molecule has 0 unspecified atom stereocenters. The Hall–Kier alpha value is -2.17. The van der Waals surface area contributed by atoms with Gasteiger partial charge in [-0.2, -0.15) is 0 Å². The van der Waals surface area contributed by atoms with E-state index in [2.05, 4.69) is 15.3 Å². The molecule has 5 heteroatoms. The first kappa shape index (κ1) is 10.4. The van der Waals surface area contributed by atoms with Crippen LogP contribution in [0.4, 0.5) is 0 Å². The first-order valence-corrected chi connectivity index (χ1v) is 4.85. The number of amides is 1. The smallest absolute Gasteiger partial charge is 0.253 e. The molecular formula is C11H11N3O2. The third kappa shape index (κ3) is 2.44. The lowest BCUT2D eigenvalue weighted by Crippen LogP contribution is -2.22. The van der Waals surface area contributed by atoms with Crippen molar-refractivity contribution in [3.05, 3.63) is 47.9 Å². The Morgan fingerprint density at radius 2 is 2.38 bits per heavy atom. The van der Waals surface area contributed by atoms with Gasteiger partial charge < -0.3 is 9.73 Å². The van der Waals surface area contributed by atoms with Gasteiger partial charge in [0.05, 0.1) is 18.3 Å². The Bertz CT molecular complexity index is 479. The van der Waals surface area contributed by atoms with Crippen LogP contribution in [0.2, 0.25) is 0 Å². The highest BCUT2D eigenvalue weighted by Crippen LogP contribution is 2.01. The van der Waals surface area contributed by atoms with E-state index in [0.717, 1.165) is 5.76 Å². The van der Waals surface area contributed by atoms with Gasteiger partial charge in [0.25, 0.3) is 5.91 Å². The Balaban J connectivity index is 1.94. The topological polar surface area (TPSA) is 68.0 Å². The summed E-state index contributed by atoms with van der Waals surface area (Å²) in [5.41, 5.74) is 0.519. The van der Waals surface area contributed by atoms with Crippen molar-refractivity contribution in [2.75, 3.05) is 0 Å². The number of nitrogens with one attached hydrogen (secondary N) is 1. The minimum Gasteiger partial charge on any atom is -0.444 e. The zero-order valence-corrected chi connectivity index (χ0v) is 8.80. The number of hydrogen-bond donors (Lipinski definition) is 1. The maximum atomic E-state index is 11.6. The molecule has 16 heavy (non-hydrogen) atoms. The van der Waals surface area contributed by atoms with E-state index in [1.54, 1.807) is 31.5 Å². The quantitative estimate of drug-likeness (QED) is 0.841. The van der Waals surface area contributed by atoms with Gasteiger partial charge in [0.2, 0.25) is 5.89 Å². The van der Waals surface area contributed by atoms with Crippen LogP contribution in [0.1, 0.15) is 22.0 Å². The van der Waals surface area contributed by atoms with Gasteiger partial charge >= 0.3 is 0 Å². The number of oxazole rings is 1. The molecule has 2 aromatic rings. The molecule has 0 spiro atoms. The van der Waals surface area contributed by atoms with Crippen LogP contribution in [0.25, 0.3) is 0 Å². The van der Waals surface area contributed by atoms with E-state index in [1.807, 2.05) is 0 Å². The molecule has 1 amide bonds. The zero-order valence-electron chi connectivity index (χ0n) is 8.80. The first-order chi connectivity index (χ1) is 7.75. The van der Waals surface area contributed by atoms with E-state index in [0.29, 0.717) is 11.5 Å². The molecule has 0 bridgehead atoms. The zero-order chi connectivity index (χ0) is 11.4. The normalized spacial score (nSPS) is 10.1. The molecule has 2 rings (SSSR count). The standard InChI is InChI=1S/C11H11N3O2/c1-8-5-13-10(16-8)7-14-11(15)9-3-2-4-12-6-9/h2-6H,7H2,1H3,(H,14,15). The maximum absolute atomic E-state index is 11.6. The fourth-order valence-electron chi connectivity index (χ4n) is 1.24. The average Bonchev–Trinajstić information content (AvgIpc) is 2.73. The van der Waals surface area contributed by atoms with Crippen molar-refractivity contribution in [1.82, 2.24) is 15.3 Å². The lowest BCUT2D eigenvalue weighted by Gasteiger charge is -2.01. The number of rotatable bonds is 3. The minimum atomic E-state index is -0.191. The number of hydrogen-bond acceptors (Lipinski definition) is 4. The molecule has 0 saturated heterocycles. The van der Waals surface area contributed by atoms with E-state index >= 15 is 0 Å². The molecule has 0 saturated carbocycles. The number of nitrogens with zero attached hydrogens (tertiary/aromatic N) is 2. The summed E-state index contributed by atoms with van der Waals surface area (Å²) >= 11 is 0. The summed E-state index contributed by atoms with van der Waals surface area (Å²) in [7, 11) is 0. The van der Waals surface area contributed by atoms with Crippen LogP contribution in [0.15, 0.2) is 35.1 Å². The Morgan fingerprint density at radius 3 is 3.00 bits per heavy atom. The van der Waals surface area contributed by atoms with Crippen LogP contribution in [0, 0.1) is 6.92 Å². The Morgan fingerprint density at radius 1 is 1.50 bits per heavy atom. The van der Waals surface area contributed by atoms with Crippen LogP contribution >= 0.6 is 0 Å². The summed E-state index contributed by atoms with van der Waals surface area (Å²) in [6.07, 6.45) is 4.75. The van der Waals surface area contributed by atoms with Crippen molar-refractivity contribution >= 4 is 5.91 Å². The van der Waals surface area contributed by atoms with Crippen LogP contribution in [0.3, 0.4) is 0 Å². The largest absolute Gasteiger partial charge is 0.444 e. The Kier molecular flexibility index (Phi) is 2.95. The number of pyridine rings is 1. The molecule has 0 fully saturated rings. The van der Waals surface area contributed by atoms with Crippen molar-refractivity contribution in [2.24, 2.45) is 0 Å². The maximum Gasteiger partial charge on any atom is 0.253 e. The molecule has 0 aliphatic heterocycles. The van der Waals surface area contributed by atoms with E-state index in [1.165, 1.54) is 6.20 Å². The van der Waals surface area contributed by atoms with Gasteiger partial charge in [-0.25, -0.2) is 4.98 Å². The fourth-order valence-corrected chi connectivity index (χ4v) is 1.24. The summed E-state index contributed by atoms with van der Waals surface area (Å²) < 4.78 is 5.23. The van der Waals surface area contributed by atoms with Crippen LogP contribution < -0.4 is 5.32 Å². The van der Waals surface area contributed by atoms with Crippen molar-refractivity contribution in [2.45, 2.75) is 13.5 Å².